The fourth-order valence-electron chi connectivity index (χ4n) is 6.41. The van der Waals surface area contributed by atoms with Gasteiger partial charge >= 0.3 is 12.3 Å². The van der Waals surface area contributed by atoms with E-state index in [1.165, 1.54) is 6.07 Å². The van der Waals surface area contributed by atoms with Gasteiger partial charge in [0.1, 0.15) is 22.7 Å². The molecule has 8 heteroatoms. The van der Waals surface area contributed by atoms with Crippen LogP contribution in [0, 0.1) is 16.2 Å². The third-order valence-electron chi connectivity index (χ3n) is 8.70. The summed E-state index contributed by atoms with van der Waals surface area (Å²) in [5.74, 6) is -0.132. The van der Waals surface area contributed by atoms with Gasteiger partial charge in [-0.25, -0.2) is 0 Å². The van der Waals surface area contributed by atoms with Crippen molar-refractivity contribution in [3.8, 4) is 17.1 Å². The van der Waals surface area contributed by atoms with Gasteiger partial charge in [-0.3, -0.25) is 4.79 Å². The number of thioether (sulfide) groups is 1. The highest BCUT2D eigenvalue weighted by Crippen LogP contribution is 2.49. The van der Waals surface area contributed by atoms with E-state index in [2.05, 4.69) is 67.1 Å². The van der Waals surface area contributed by atoms with Gasteiger partial charge in [0, 0.05) is 21.4 Å². The second-order valence-corrected chi connectivity index (χ2v) is 18.4. The first kappa shape index (κ1) is 38.8. The number of carbonyl (C=O) groups excluding carboxylic acids is 1. The predicted octanol–water partition coefficient (Wildman–Crippen LogP) is 12.8. The molecule has 1 atom stereocenters. The van der Waals surface area contributed by atoms with E-state index in [9.17, 15) is 18.0 Å². The van der Waals surface area contributed by atoms with Crippen LogP contribution in [0.2, 0.25) is 0 Å². The highest BCUT2D eigenvalue weighted by Gasteiger charge is 2.49. The number of hydrogen-bond donors (Lipinski definition) is 0. The first-order chi connectivity index (χ1) is 21.3. The molecule has 0 N–H and O–H groups in total. The SMILES string of the molecule is CCCCCc1ccc(-c2cc3ccc(SC(C)(C)CC(C)(C)OC(=O)C(C)(CC(C)(C)C)C(C)(C)C)cc3o2)c(OC(F)(F)F)c1. The lowest BCUT2D eigenvalue weighted by atomic mass is 9.61. The van der Waals surface area contributed by atoms with E-state index < -0.39 is 17.4 Å². The molecule has 0 aliphatic rings. The summed E-state index contributed by atoms with van der Waals surface area (Å²) in [6, 6.07) is 12.5. The molecule has 0 bridgehead atoms. The molecule has 3 aromatic rings. The van der Waals surface area contributed by atoms with Crippen LogP contribution in [-0.2, 0) is 16.0 Å². The number of alkyl halides is 3. The fraction of sp³-hybridized carbons (Fsp3) is 0.615. The number of aryl methyl sites for hydroxylation is 1. The van der Waals surface area contributed by atoms with Crippen molar-refractivity contribution in [3.63, 3.8) is 0 Å². The Kier molecular flexibility index (Phi) is 11.6. The molecule has 2 aromatic carbocycles. The summed E-state index contributed by atoms with van der Waals surface area (Å²) in [4.78, 5) is 14.7. The van der Waals surface area contributed by atoms with Crippen LogP contribution < -0.4 is 4.74 Å². The van der Waals surface area contributed by atoms with Crippen molar-refractivity contribution >= 4 is 28.7 Å². The van der Waals surface area contributed by atoms with Crippen LogP contribution >= 0.6 is 11.8 Å². The topological polar surface area (TPSA) is 48.7 Å². The first-order valence-electron chi connectivity index (χ1n) is 16.7. The highest BCUT2D eigenvalue weighted by molar-refractivity contribution is 8.00. The summed E-state index contributed by atoms with van der Waals surface area (Å²) in [6.45, 7) is 25.0. The van der Waals surface area contributed by atoms with Gasteiger partial charge < -0.3 is 13.9 Å². The van der Waals surface area contributed by atoms with Gasteiger partial charge in [0.2, 0.25) is 0 Å². The van der Waals surface area contributed by atoms with Gasteiger partial charge in [-0.1, -0.05) is 81.2 Å². The number of unbranched alkanes of at least 4 members (excludes halogenated alkanes) is 2. The molecule has 1 aromatic heterocycles. The second kappa shape index (κ2) is 14.1. The van der Waals surface area contributed by atoms with Gasteiger partial charge in [-0.2, -0.15) is 0 Å². The molecule has 0 saturated carbocycles. The van der Waals surface area contributed by atoms with Gasteiger partial charge in [-0.05, 0) is 92.8 Å². The molecule has 1 unspecified atom stereocenters. The first-order valence-corrected chi connectivity index (χ1v) is 17.5. The zero-order valence-corrected chi connectivity index (χ0v) is 31.3. The Morgan fingerprint density at radius 3 is 2.06 bits per heavy atom. The van der Waals surface area contributed by atoms with Gasteiger partial charge in [-0.15, -0.1) is 24.9 Å². The van der Waals surface area contributed by atoms with Crippen molar-refractivity contribution in [2.75, 3.05) is 0 Å². The van der Waals surface area contributed by atoms with Gasteiger partial charge in [0.15, 0.2) is 0 Å². The number of esters is 1. The lowest BCUT2D eigenvalue weighted by Gasteiger charge is -2.45. The standard InChI is InChI=1S/C39H55F3O4S/c1-13-14-15-16-26-17-20-29(32(21-26)45-39(40,41)42)31-22-27-18-19-28(23-30(27)44-31)47-37(10,11)25-36(8,9)46-33(43)38(12,35(5,6)7)24-34(2,3)4/h17-23H,13-16,24-25H2,1-12H3. The Balaban J connectivity index is 1.82. The molecule has 0 fully saturated rings. The number of ether oxygens (including phenoxy) is 2. The summed E-state index contributed by atoms with van der Waals surface area (Å²) in [6.07, 6.45) is 0.0929. The molecule has 0 aliphatic carbocycles. The largest absolute Gasteiger partial charge is 0.573 e. The number of hydrogen-bond acceptors (Lipinski definition) is 5. The van der Waals surface area contributed by atoms with Crippen LogP contribution in [0.15, 0.2) is 51.8 Å². The van der Waals surface area contributed by atoms with Crippen LogP contribution in [-0.4, -0.2) is 22.7 Å². The van der Waals surface area contributed by atoms with E-state index in [0.29, 0.717) is 30.6 Å². The van der Waals surface area contributed by atoms with Gasteiger partial charge in [0.05, 0.1) is 11.0 Å². The zero-order valence-electron chi connectivity index (χ0n) is 30.5. The van der Waals surface area contributed by atoms with Crippen LogP contribution in [0.25, 0.3) is 22.3 Å². The molecule has 0 saturated heterocycles. The van der Waals surface area contributed by atoms with E-state index in [1.807, 2.05) is 45.0 Å². The lowest BCUT2D eigenvalue weighted by Crippen LogP contribution is -2.48. The third kappa shape index (κ3) is 11.0. The maximum Gasteiger partial charge on any atom is 0.573 e. The molecule has 1 heterocycles. The van der Waals surface area contributed by atoms with Crippen molar-refractivity contribution in [3.05, 3.63) is 48.0 Å². The highest BCUT2D eigenvalue weighted by atomic mass is 32.2. The van der Waals surface area contributed by atoms with Crippen molar-refractivity contribution in [2.45, 2.75) is 143 Å². The van der Waals surface area contributed by atoms with Crippen LogP contribution in [0.3, 0.4) is 0 Å². The van der Waals surface area contributed by atoms with Gasteiger partial charge in [0.25, 0.3) is 0 Å². The molecule has 4 nitrogen and oxygen atoms in total. The average molecular weight is 677 g/mol. The smallest absolute Gasteiger partial charge is 0.459 e. The number of fused-ring (bicyclic) bond motifs is 1. The molecule has 0 aliphatic heterocycles. The minimum atomic E-state index is -4.82. The van der Waals surface area contributed by atoms with Crippen molar-refractivity contribution in [1.82, 2.24) is 0 Å². The Morgan fingerprint density at radius 1 is 0.830 bits per heavy atom. The normalized spacial score (nSPS) is 14.7. The number of carbonyl (C=O) groups is 1. The van der Waals surface area contributed by atoms with Crippen molar-refractivity contribution < 1.29 is 31.9 Å². The lowest BCUT2D eigenvalue weighted by molar-refractivity contribution is -0.274. The number of furan rings is 1. The maximum absolute atomic E-state index is 13.8. The minimum Gasteiger partial charge on any atom is -0.459 e. The quantitative estimate of drug-likeness (QED) is 0.102. The molecule has 0 amide bonds. The second-order valence-electron chi connectivity index (χ2n) is 16.7. The molecule has 3 rings (SSSR count). The van der Waals surface area contributed by atoms with E-state index in [1.54, 1.807) is 23.9 Å². The Bertz CT molecular complexity index is 1520. The maximum atomic E-state index is 13.8. The summed E-state index contributed by atoms with van der Waals surface area (Å²) in [5.41, 5.74) is -0.103. The predicted molar refractivity (Wildman–Crippen MR) is 188 cm³/mol. The summed E-state index contributed by atoms with van der Waals surface area (Å²) in [5, 5.41) is 0.779. The molecular formula is C39H55F3O4S. The number of rotatable bonds is 13. The minimum absolute atomic E-state index is 0.0463. The Hall–Kier alpha value is -2.61. The average Bonchev–Trinajstić information content (AvgIpc) is 3.28. The third-order valence-corrected chi connectivity index (χ3v) is 9.89. The Morgan fingerprint density at radius 2 is 1.49 bits per heavy atom. The Labute approximate surface area is 284 Å². The molecular weight excluding hydrogens is 621 g/mol. The van der Waals surface area contributed by atoms with E-state index in [4.69, 9.17) is 9.15 Å². The molecule has 47 heavy (non-hydrogen) atoms. The van der Waals surface area contributed by atoms with Crippen molar-refractivity contribution in [2.24, 2.45) is 16.2 Å². The number of halogens is 3. The fourth-order valence-corrected chi connectivity index (χ4v) is 7.77. The number of benzene rings is 2. The summed E-state index contributed by atoms with van der Waals surface area (Å²) in [7, 11) is 0. The van der Waals surface area contributed by atoms with Crippen LogP contribution in [0.5, 0.6) is 5.75 Å². The molecule has 0 radical (unpaired) electrons. The monoisotopic (exact) mass is 676 g/mol. The molecule has 262 valence electrons. The summed E-state index contributed by atoms with van der Waals surface area (Å²) >= 11 is 1.64. The van der Waals surface area contributed by atoms with Crippen LogP contribution in [0.4, 0.5) is 13.2 Å². The summed E-state index contributed by atoms with van der Waals surface area (Å²) < 4.78 is 56.7. The van der Waals surface area contributed by atoms with E-state index in [-0.39, 0.29) is 32.9 Å². The van der Waals surface area contributed by atoms with E-state index in [0.717, 1.165) is 35.1 Å². The zero-order chi connectivity index (χ0) is 35.6. The van der Waals surface area contributed by atoms with Crippen LogP contribution in [0.1, 0.15) is 121 Å². The van der Waals surface area contributed by atoms with Crippen molar-refractivity contribution in [1.29, 1.82) is 0 Å². The van der Waals surface area contributed by atoms with E-state index >= 15 is 0 Å². The molecule has 0 spiro atoms.